The molecule has 0 saturated heterocycles. The van der Waals surface area contributed by atoms with E-state index in [1.807, 2.05) is 63.2 Å². The van der Waals surface area contributed by atoms with E-state index in [0.717, 1.165) is 12.0 Å². The molecule has 106 valence electrons. The summed E-state index contributed by atoms with van der Waals surface area (Å²) < 4.78 is 0. The Balaban J connectivity index is 0.000000956. The number of amides is 1. The summed E-state index contributed by atoms with van der Waals surface area (Å²) in [6.45, 7) is 6.67. The van der Waals surface area contributed by atoms with E-state index in [1.54, 1.807) is 0 Å². The van der Waals surface area contributed by atoms with Gasteiger partial charge < -0.3 is 5.32 Å². The SMILES string of the molecule is CC.Cc1ccc(C(=O)NCCc2ccccc2)cc1. The second kappa shape index (κ2) is 8.92. The molecule has 20 heavy (non-hydrogen) atoms. The predicted octanol–water partition coefficient (Wildman–Crippen LogP) is 3.99. The van der Waals surface area contributed by atoms with Crippen molar-refractivity contribution in [2.45, 2.75) is 27.2 Å². The van der Waals surface area contributed by atoms with Gasteiger partial charge in [0.2, 0.25) is 0 Å². The largest absolute Gasteiger partial charge is 0.352 e. The van der Waals surface area contributed by atoms with Crippen LogP contribution in [0.5, 0.6) is 0 Å². The van der Waals surface area contributed by atoms with Crippen molar-refractivity contribution >= 4 is 5.91 Å². The highest BCUT2D eigenvalue weighted by Gasteiger charge is 2.03. The highest BCUT2D eigenvalue weighted by molar-refractivity contribution is 5.94. The van der Waals surface area contributed by atoms with Crippen LogP contribution in [0.25, 0.3) is 0 Å². The van der Waals surface area contributed by atoms with Crippen molar-refractivity contribution in [1.82, 2.24) is 5.32 Å². The lowest BCUT2D eigenvalue weighted by Gasteiger charge is -2.05. The number of carbonyl (C=O) groups excluding carboxylic acids is 1. The molecule has 0 aromatic heterocycles. The topological polar surface area (TPSA) is 29.1 Å². The molecule has 0 aliphatic rings. The maximum absolute atomic E-state index is 11.8. The summed E-state index contributed by atoms with van der Waals surface area (Å²) in [6, 6.07) is 17.8. The molecule has 2 nitrogen and oxygen atoms in total. The number of rotatable bonds is 4. The molecule has 2 rings (SSSR count). The molecule has 2 heteroatoms. The Morgan fingerprint density at radius 1 is 0.950 bits per heavy atom. The number of aryl methyl sites for hydroxylation is 1. The van der Waals surface area contributed by atoms with Crippen LogP contribution in [-0.2, 0) is 6.42 Å². The van der Waals surface area contributed by atoms with Crippen LogP contribution in [-0.4, -0.2) is 12.5 Å². The van der Waals surface area contributed by atoms with Crippen LogP contribution in [0.1, 0.15) is 35.3 Å². The summed E-state index contributed by atoms with van der Waals surface area (Å²) >= 11 is 0. The Morgan fingerprint density at radius 3 is 2.15 bits per heavy atom. The zero-order chi connectivity index (χ0) is 14.8. The van der Waals surface area contributed by atoms with E-state index in [-0.39, 0.29) is 5.91 Å². The lowest BCUT2D eigenvalue weighted by molar-refractivity contribution is 0.0954. The predicted molar refractivity (Wildman–Crippen MR) is 85.0 cm³/mol. The lowest BCUT2D eigenvalue weighted by atomic mass is 10.1. The van der Waals surface area contributed by atoms with E-state index >= 15 is 0 Å². The first-order valence-corrected chi connectivity index (χ1v) is 7.14. The Morgan fingerprint density at radius 2 is 1.55 bits per heavy atom. The molecule has 1 N–H and O–H groups in total. The third-order valence-electron chi connectivity index (χ3n) is 2.86. The second-order valence-electron chi connectivity index (χ2n) is 4.36. The van der Waals surface area contributed by atoms with Crippen molar-refractivity contribution in [2.24, 2.45) is 0 Å². The molecule has 0 spiro atoms. The Hall–Kier alpha value is -2.09. The minimum absolute atomic E-state index is 0.00840. The van der Waals surface area contributed by atoms with Gasteiger partial charge in [-0.2, -0.15) is 0 Å². The van der Waals surface area contributed by atoms with Gasteiger partial charge in [-0.25, -0.2) is 0 Å². The van der Waals surface area contributed by atoms with Gasteiger partial charge in [-0.3, -0.25) is 4.79 Å². The fraction of sp³-hybridized carbons (Fsp3) is 0.278. The molecule has 0 bridgehead atoms. The van der Waals surface area contributed by atoms with Crippen LogP contribution >= 0.6 is 0 Å². The Labute approximate surface area is 121 Å². The molecular formula is C18H23NO. The van der Waals surface area contributed by atoms with E-state index in [2.05, 4.69) is 17.4 Å². The van der Waals surface area contributed by atoms with Gasteiger partial charge in [-0.05, 0) is 31.0 Å². The lowest BCUT2D eigenvalue weighted by Crippen LogP contribution is -2.25. The third kappa shape index (κ3) is 5.27. The summed E-state index contributed by atoms with van der Waals surface area (Å²) in [6.07, 6.45) is 0.860. The first-order valence-electron chi connectivity index (χ1n) is 7.14. The van der Waals surface area contributed by atoms with Crippen LogP contribution in [0.3, 0.4) is 0 Å². The molecule has 2 aromatic rings. The van der Waals surface area contributed by atoms with Gasteiger partial charge in [-0.1, -0.05) is 61.9 Å². The highest BCUT2D eigenvalue weighted by Crippen LogP contribution is 2.03. The maximum Gasteiger partial charge on any atom is 0.251 e. The summed E-state index contributed by atoms with van der Waals surface area (Å²) in [4.78, 5) is 11.8. The number of nitrogens with one attached hydrogen (secondary N) is 1. The van der Waals surface area contributed by atoms with E-state index in [0.29, 0.717) is 12.1 Å². The van der Waals surface area contributed by atoms with Gasteiger partial charge in [-0.15, -0.1) is 0 Å². The highest BCUT2D eigenvalue weighted by atomic mass is 16.1. The van der Waals surface area contributed by atoms with Gasteiger partial charge in [0.25, 0.3) is 5.91 Å². The van der Waals surface area contributed by atoms with E-state index < -0.39 is 0 Å². The number of hydrogen-bond acceptors (Lipinski definition) is 1. The molecule has 0 atom stereocenters. The van der Waals surface area contributed by atoms with Crippen molar-refractivity contribution in [3.63, 3.8) is 0 Å². The molecule has 0 heterocycles. The summed E-state index contributed by atoms with van der Waals surface area (Å²) in [5.74, 6) is -0.00840. The summed E-state index contributed by atoms with van der Waals surface area (Å²) in [7, 11) is 0. The smallest absolute Gasteiger partial charge is 0.251 e. The fourth-order valence-electron chi connectivity index (χ4n) is 1.77. The molecule has 0 fully saturated rings. The fourth-order valence-corrected chi connectivity index (χ4v) is 1.77. The minimum atomic E-state index is -0.00840. The Bertz CT molecular complexity index is 503. The van der Waals surface area contributed by atoms with E-state index in [4.69, 9.17) is 0 Å². The first kappa shape index (κ1) is 16.0. The average molecular weight is 269 g/mol. The van der Waals surface area contributed by atoms with Crippen molar-refractivity contribution in [3.8, 4) is 0 Å². The number of benzene rings is 2. The maximum atomic E-state index is 11.8. The summed E-state index contributed by atoms with van der Waals surface area (Å²) in [5, 5.41) is 2.93. The minimum Gasteiger partial charge on any atom is -0.352 e. The van der Waals surface area contributed by atoms with Crippen molar-refractivity contribution in [1.29, 1.82) is 0 Å². The molecule has 2 aromatic carbocycles. The quantitative estimate of drug-likeness (QED) is 0.893. The van der Waals surface area contributed by atoms with Crippen LogP contribution in [0, 0.1) is 6.92 Å². The molecule has 0 aliphatic heterocycles. The average Bonchev–Trinajstić information content (AvgIpc) is 2.51. The Kier molecular flexibility index (Phi) is 7.12. The van der Waals surface area contributed by atoms with Crippen LogP contribution in [0.4, 0.5) is 0 Å². The number of carbonyl (C=O) groups is 1. The van der Waals surface area contributed by atoms with E-state index in [9.17, 15) is 4.79 Å². The van der Waals surface area contributed by atoms with Crippen LogP contribution in [0.2, 0.25) is 0 Å². The zero-order valence-electron chi connectivity index (χ0n) is 12.5. The van der Waals surface area contributed by atoms with E-state index in [1.165, 1.54) is 5.56 Å². The third-order valence-corrected chi connectivity index (χ3v) is 2.86. The standard InChI is InChI=1S/C16H17NO.C2H6/c1-13-7-9-15(10-8-13)16(18)17-12-11-14-5-3-2-4-6-14;1-2/h2-10H,11-12H2,1H3,(H,17,18);1-2H3. The monoisotopic (exact) mass is 269 g/mol. The van der Waals surface area contributed by atoms with Crippen molar-refractivity contribution in [3.05, 3.63) is 71.3 Å². The van der Waals surface area contributed by atoms with Crippen molar-refractivity contribution in [2.75, 3.05) is 6.54 Å². The summed E-state index contributed by atoms with van der Waals surface area (Å²) in [5.41, 5.74) is 3.12. The molecule has 0 aliphatic carbocycles. The van der Waals surface area contributed by atoms with Gasteiger partial charge in [0.1, 0.15) is 0 Å². The molecule has 0 saturated carbocycles. The normalized spacial score (nSPS) is 9.35. The molecule has 0 unspecified atom stereocenters. The second-order valence-corrected chi connectivity index (χ2v) is 4.36. The first-order chi connectivity index (χ1) is 9.75. The van der Waals surface area contributed by atoms with Crippen LogP contribution in [0.15, 0.2) is 54.6 Å². The zero-order valence-corrected chi connectivity index (χ0v) is 12.5. The molecular weight excluding hydrogens is 246 g/mol. The van der Waals surface area contributed by atoms with Gasteiger partial charge in [0.15, 0.2) is 0 Å². The molecule has 0 radical (unpaired) electrons. The van der Waals surface area contributed by atoms with Gasteiger partial charge >= 0.3 is 0 Å². The van der Waals surface area contributed by atoms with Gasteiger partial charge in [0, 0.05) is 12.1 Å². The molecule has 1 amide bonds. The van der Waals surface area contributed by atoms with Crippen LogP contribution < -0.4 is 5.32 Å². The number of hydrogen-bond donors (Lipinski definition) is 1. The van der Waals surface area contributed by atoms with Crippen molar-refractivity contribution < 1.29 is 4.79 Å². The van der Waals surface area contributed by atoms with Gasteiger partial charge in [0.05, 0.1) is 0 Å².